The zero-order valence-electron chi connectivity index (χ0n) is 18.6. The fourth-order valence-electron chi connectivity index (χ4n) is 3.57. The highest BCUT2D eigenvalue weighted by molar-refractivity contribution is 7.99. The summed E-state index contributed by atoms with van der Waals surface area (Å²) in [5.74, 6) is 0.852. The van der Waals surface area contributed by atoms with Gasteiger partial charge in [-0.05, 0) is 55.3 Å². The molecule has 3 aromatic rings. The normalized spacial score (nSPS) is 15.3. The van der Waals surface area contributed by atoms with Crippen molar-refractivity contribution in [2.75, 3.05) is 30.1 Å². The van der Waals surface area contributed by atoms with Gasteiger partial charge in [-0.3, -0.25) is 4.79 Å². The molecule has 1 atom stereocenters. The summed E-state index contributed by atoms with van der Waals surface area (Å²) < 4.78 is 26.2. The third-order valence-electron chi connectivity index (χ3n) is 5.27. The van der Waals surface area contributed by atoms with Crippen LogP contribution in [-0.2, 0) is 22.6 Å². The van der Waals surface area contributed by atoms with Crippen molar-refractivity contribution in [3.63, 3.8) is 0 Å². The first kappa shape index (κ1) is 24.3. The van der Waals surface area contributed by atoms with Gasteiger partial charge < -0.3 is 24.7 Å². The molecule has 0 saturated carbocycles. The highest BCUT2D eigenvalue weighted by Crippen LogP contribution is 2.28. The third-order valence-corrected chi connectivity index (χ3v) is 6.47. The number of thioether (sulfide) groups is 1. The van der Waals surface area contributed by atoms with Gasteiger partial charge in [0.25, 0.3) is 0 Å². The second-order valence-corrected chi connectivity index (χ2v) is 9.07. The first-order chi connectivity index (χ1) is 16.5. The first-order valence-electron chi connectivity index (χ1n) is 10.8. The van der Waals surface area contributed by atoms with Crippen molar-refractivity contribution < 1.29 is 18.7 Å². The number of nitrogens with one attached hydrogen (secondary N) is 2. The Kier molecular flexibility index (Phi) is 8.25. The topological polar surface area (TPSA) is 90.3 Å². The molecule has 0 spiro atoms. The van der Waals surface area contributed by atoms with Gasteiger partial charge in [0.1, 0.15) is 11.6 Å². The maximum Gasteiger partial charge on any atom is 0.234 e. The third kappa shape index (κ3) is 6.40. The largest absolute Gasteiger partial charge is 0.495 e. The van der Waals surface area contributed by atoms with E-state index in [2.05, 4.69) is 20.8 Å². The molecule has 34 heavy (non-hydrogen) atoms. The molecule has 1 aliphatic rings. The van der Waals surface area contributed by atoms with E-state index in [0.29, 0.717) is 40.5 Å². The Hall–Kier alpha value is -2.82. The van der Waals surface area contributed by atoms with Crippen LogP contribution in [0.2, 0.25) is 5.02 Å². The summed E-state index contributed by atoms with van der Waals surface area (Å²) in [5.41, 5.74) is 1.28. The van der Waals surface area contributed by atoms with E-state index in [1.807, 2.05) is 4.57 Å². The van der Waals surface area contributed by atoms with E-state index in [-0.39, 0.29) is 23.6 Å². The highest BCUT2D eigenvalue weighted by atomic mass is 35.5. The number of amides is 1. The molecule has 11 heteroatoms. The Morgan fingerprint density at radius 1 is 1.29 bits per heavy atom. The maximum absolute atomic E-state index is 13.2. The summed E-state index contributed by atoms with van der Waals surface area (Å²) in [6.45, 7) is 1.74. The second-order valence-electron chi connectivity index (χ2n) is 7.69. The average Bonchev–Trinajstić information content (AvgIpc) is 3.48. The molecule has 8 nitrogen and oxygen atoms in total. The van der Waals surface area contributed by atoms with E-state index in [1.54, 1.807) is 30.3 Å². The van der Waals surface area contributed by atoms with E-state index < -0.39 is 0 Å². The van der Waals surface area contributed by atoms with Gasteiger partial charge in [0.2, 0.25) is 5.91 Å². The molecule has 4 rings (SSSR count). The van der Waals surface area contributed by atoms with Crippen molar-refractivity contribution in [3.8, 4) is 5.75 Å². The lowest BCUT2D eigenvalue weighted by Crippen LogP contribution is -2.20. The van der Waals surface area contributed by atoms with Crippen molar-refractivity contribution in [1.29, 1.82) is 0 Å². The first-order valence-corrected chi connectivity index (χ1v) is 12.2. The standard InChI is InChI=1S/C23H25ClFN5O3S/c1-32-20-9-4-15(24)11-19(20)27-22(31)14-34-23-29-28-21(30(23)13-18-3-2-10-33-18)12-26-17-7-5-16(25)6-8-17/h4-9,11,18,26H,2-3,10,12-14H2,1H3,(H,27,31)/t18-/m1/s1. The Labute approximate surface area is 206 Å². The van der Waals surface area contributed by atoms with Gasteiger partial charge in [0.05, 0.1) is 37.7 Å². The summed E-state index contributed by atoms with van der Waals surface area (Å²) in [6, 6.07) is 11.2. The molecular weight excluding hydrogens is 481 g/mol. The van der Waals surface area contributed by atoms with Gasteiger partial charge >= 0.3 is 0 Å². The number of methoxy groups -OCH3 is 1. The zero-order chi connectivity index (χ0) is 23.9. The Bertz CT molecular complexity index is 1120. The Balaban J connectivity index is 1.43. The van der Waals surface area contributed by atoms with E-state index in [4.69, 9.17) is 21.1 Å². The molecule has 1 aliphatic heterocycles. The molecule has 2 N–H and O–H groups in total. The number of nitrogens with zero attached hydrogens (tertiary/aromatic N) is 3. The predicted molar refractivity (Wildman–Crippen MR) is 130 cm³/mol. The lowest BCUT2D eigenvalue weighted by molar-refractivity contribution is -0.113. The van der Waals surface area contributed by atoms with Gasteiger partial charge in [-0.1, -0.05) is 23.4 Å². The smallest absolute Gasteiger partial charge is 0.234 e. The van der Waals surface area contributed by atoms with Crippen molar-refractivity contribution in [2.45, 2.75) is 37.2 Å². The van der Waals surface area contributed by atoms with E-state index in [0.717, 1.165) is 25.1 Å². The minimum atomic E-state index is -0.292. The van der Waals surface area contributed by atoms with E-state index in [9.17, 15) is 9.18 Å². The lowest BCUT2D eigenvalue weighted by Gasteiger charge is -2.15. The Morgan fingerprint density at radius 2 is 2.12 bits per heavy atom. The number of carbonyl (C=O) groups excluding carboxylic acids is 1. The van der Waals surface area contributed by atoms with Crippen molar-refractivity contribution >= 4 is 40.6 Å². The molecule has 0 unspecified atom stereocenters. The molecular formula is C23H25ClFN5O3S. The minimum Gasteiger partial charge on any atom is -0.495 e. The van der Waals surface area contributed by atoms with Crippen LogP contribution in [0.4, 0.5) is 15.8 Å². The van der Waals surface area contributed by atoms with Crippen LogP contribution >= 0.6 is 23.4 Å². The maximum atomic E-state index is 13.2. The summed E-state index contributed by atoms with van der Waals surface area (Å²) in [4.78, 5) is 12.6. The fourth-order valence-corrected chi connectivity index (χ4v) is 4.51. The van der Waals surface area contributed by atoms with Gasteiger partial charge in [-0.15, -0.1) is 10.2 Å². The number of benzene rings is 2. The number of rotatable bonds is 10. The number of carbonyl (C=O) groups is 1. The summed E-state index contributed by atoms with van der Waals surface area (Å²) in [7, 11) is 1.53. The van der Waals surface area contributed by atoms with Crippen LogP contribution in [0.15, 0.2) is 47.6 Å². The van der Waals surface area contributed by atoms with E-state index in [1.165, 1.54) is 31.0 Å². The molecule has 1 aromatic heterocycles. The summed E-state index contributed by atoms with van der Waals surface area (Å²) in [5, 5.41) is 15.8. The fraction of sp³-hybridized carbons (Fsp3) is 0.348. The molecule has 1 amide bonds. The van der Waals surface area contributed by atoms with Gasteiger partial charge in [-0.25, -0.2) is 4.39 Å². The molecule has 0 radical (unpaired) electrons. The van der Waals surface area contributed by atoms with Crippen molar-refractivity contribution in [2.24, 2.45) is 0 Å². The molecule has 180 valence electrons. The molecule has 1 fully saturated rings. The van der Waals surface area contributed by atoms with Crippen LogP contribution in [0.1, 0.15) is 18.7 Å². The lowest BCUT2D eigenvalue weighted by atomic mass is 10.2. The summed E-state index contributed by atoms with van der Waals surface area (Å²) >= 11 is 7.34. The number of aromatic nitrogens is 3. The van der Waals surface area contributed by atoms with Crippen LogP contribution in [0.5, 0.6) is 5.75 Å². The predicted octanol–water partition coefficient (Wildman–Crippen LogP) is 4.60. The van der Waals surface area contributed by atoms with Gasteiger partial charge in [0, 0.05) is 17.3 Å². The quantitative estimate of drug-likeness (QED) is 0.389. The van der Waals surface area contributed by atoms with Crippen molar-refractivity contribution in [1.82, 2.24) is 14.8 Å². The molecule has 0 aliphatic carbocycles. The number of hydrogen-bond donors (Lipinski definition) is 2. The number of ether oxygens (including phenoxy) is 2. The minimum absolute atomic E-state index is 0.0736. The molecule has 2 aromatic carbocycles. The van der Waals surface area contributed by atoms with E-state index >= 15 is 0 Å². The zero-order valence-corrected chi connectivity index (χ0v) is 20.2. The monoisotopic (exact) mass is 505 g/mol. The van der Waals surface area contributed by atoms with Crippen LogP contribution in [0, 0.1) is 5.82 Å². The Morgan fingerprint density at radius 3 is 2.85 bits per heavy atom. The average molecular weight is 506 g/mol. The molecule has 1 saturated heterocycles. The van der Waals surface area contributed by atoms with Crippen LogP contribution < -0.4 is 15.4 Å². The SMILES string of the molecule is COc1ccc(Cl)cc1NC(=O)CSc1nnc(CNc2ccc(F)cc2)n1C[C@H]1CCCO1. The van der Waals surface area contributed by atoms with Crippen molar-refractivity contribution in [3.05, 3.63) is 59.1 Å². The van der Waals surface area contributed by atoms with Gasteiger partial charge in [0.15, 0.2) is 11.0 Å². The molecule has 2 heterocycles. The van der Waals surface area contributed by atoms with Crippen LogP contribution in [0.3, 0.4) is 0 Å². The van der Waals surface area contributed by atoms with Gasteiger partial charge in [-0.2, -0.15) is 0 Å². The number of hydrogen-bond acceptors (Lipinski definition) is 7. The van der Waals surface area contributed by atoms with Crippen LogP contribution in [0.25, 0.3) is 0 Å². The highest BCUT2D eigenvalue weighted by Gasteiger charge is 2.21. The van der Waals surface area contributed by atoms with Crippen LogP contribution in [-0.4, -0.2) is 46.2 Å². The number of halogens is 2. The second kappa shape index (κ2) is 11.5. The molecule has 0 bridgehead atoms. The number of anilines is 2. The summed E-state index contributed by atoms with van der Waals surface area (Å²) in [6.07, 6.45) is 2.05.